The number of amides is 1. The van der Waals surface area contributed by atoms with E-state index in [-0.39, 0.29) is 5.91 Å². The molecule has 2 aromatic heterocycles. The lowest BCUT2D eigenvalue weighted by molar-refractivity contribution is 0.103. The second-order valence-electron chi connectivity index (χ2n) is 4.18. The molecule has 3 N–H and O–H groups in total. The van der Waals surface area contributed by atoms with Crippen LogP contribution in [0.3, 0.4) is 0 Å². The number of carbonyl (C=O) groups excluding carboxylic acids is 1. The van der Waals surface area contributed by atoms with Gasteiger partial charge in [0.2, 0.25) is 0 Å². The lowest BCUT2D eigenvalue weighted by atomic mass is 10.2. The van der Waals surface area contributed by atoms with Crippen molar-refractivity contribution in [2.75, 3.05) is 11.1 Å². The summed E-state index contributed by atoms with van der Waals surface area (Å²) in [5.41, 5.74) is 8.39. The highest BCUT2D eigenvalue weighted by atomic mass is 32.1. The number of nitrogens with two attached hydrogens (primary N) is 1. The summed E-state index contributed by atoms with van der Waals surface area (Å²) in [5, 5.41) is 3.20. The fourth-order valence-corrected chi connectivity index (χ4v) is 2.59. The molecule has 7 heteroatoms. The Morgan fingerprint density at radius 2 is 2.00 bits per heavy atom. The van der Waals surface area contributed by atoms with Crippen molar-refractivity contribution in [2.45, 2.75) is 6.92 Å². The first kappa shape index (κ1) is 12.5. The van der Waals surface area contributed by atoms with Gasteiger partial charge in [0, 0.05) is 18.1 Å². The van der Waals surface area contributed by atoms with Crippen LogP contribution in [0.4, 0.5) is 10.8 Å². The van der Waals surface area contributed by atoms with Crippen molar-refractivity contribution < 1.29 is 4.79 Å². The maximum atomic E-state index is 12.2. The van der Waals surface area contributed by atoms with Crippen molar-refractivity contribution in [3.05, 3.63) is 41.2 Å². The van der Waals surface area contributed by atoms with Crippen LogP contribution >= 0.6 is 11.3 Å². The smallest absolute Gasteiger partial charge is 0.267 e. The van der Waals surface area contributed by atoms with Gasteiger partial charge < -0.3 is 11.1 Å². The number of nitrogen functional groups attached to an aromatic ring is 1. The third-order valence-corrected chi connectivity index (χ3v) is 3.73. The highest BCUT2D eigenvalue weighted by Crippen LogP contribution is 2.22. The molecule has 0 bridgehead atoms. The van der Waals surface area contributed by atoms with E-state index in [1.807, 2.05) is 6.07 Å². The molecule has 20 heavy (non-hydrogen) atoms. The number of hydrogen-bond donors (Lipinski definition) is 2. The van der Waals surface area contributed by atoms with E-state index in [1.54, 1.807) is 31.5 Å². The Kier molecular flexibility index (Phi) is 3.03. The average molecular weight is 285 g/mol. The summed E-state index contributed by atoms with van der Waals surface area (Å²) in [5.74, 6) is -0.222. The normalized spacial score (nSPS) is 10.7. The predicted molar refractivity (Wildman–Crippen MR) is 78.8 cm³/mol. The van der Waals surface area contributed by atoms with Crippen LogP contribution in [0, 0.1) is 6.92 Å². The molecule has 6 nitrogen and oxygen atoms in total. The second-order valence-corrected chi connectivity index (χ2v) is 5.21. The number of anilines is 2. The van der Waals surface area contributed by atoms with Gasteiger partial charge in [-0.05, 0) is 25.1 Å². The van der Waals surface area contributed by atoms with Crippen LogP contribution in [0.1, 0.15) is 15.4 Å². The first-order valence-corrected chi connectivity index (χ1v) is 6.70. The molecule has 0 unspecified atom stereocenters. The highest BCUT2D eigenvalue weighted by molar-refractivity contribution is 7.17. The molecule has 1 amide bonds. The van der Waals surface area contributed by atoms with Gasteiger partial charge >= 0.3 is 0 Å². The van der Waals surface area contributed by atoms with Crippen LogP contribution in [0.5, 0.6) is 0 Å². The number of carbonyl (C=O) groups is 1. The van der Waals surface area contributed by atoms with Crippen molar-refractivity contribution in [3.63, 3.8) is 0 Å². The summed E-state index contributed by atoms with van der Waals surface area (Å²) >= 11 is 1.17. The van der Waals surface area contributed by atoms with Gasteiger partial charge in [0.05, 0.1) is 16.7 Å². The standard InChI is InChI=1S/C13H11N5OS/c1-7-11(20-13(14)17-7)12(19)18-8-2-3-9-10(6-8)16-5-4-15-9/h2-6H,1H3,(H2,14,17)(H,18,19). The van der Waals surface area contributed by atoms with Gasteiger partial charge in [0.15, 0.2) is 5.13 Å². The molecule has 0 atom stereocenters. The van der Waals surface area contributed by atoms with Crippen molar-refractivity contribution in [1.82, 2.24) is 15.0 Å². The van der Waals surface area contributed by atoms with Crippen molar-refractivity contribution in [2.24, 2.45) is 0 Å². The minimum atomic E-state index is -0.222. The number of aryl methyl sites for hydroxylation is 1. The maximum absolute atomic E-state index is 12.2. The average Bonchev–Trinajstić information content (AvgIpc) is 2.78. The molecule has 0 aliphatic rings. The second kappa shape index (κ2) is 4.86. The Labute approximate surface area is 118 Å². The zero-order chi connectivity index (χ0) is 14.1. The molecule has 0 aliphatic carbocycles. The first-order valence-electron chi connectivity index (χ1n) is 5.88. The van der Waals surface area contributed by atoms with Crippen LogP contribution in [-0.4, -0.2) is 20.9 Å². The van der Waals surface area contributed by atoms with Gasteiger partial charge in [-0.15, -0.1) is 0 Å². The summed E-state index contributed by atoms with van der Waals surface area (Å²) in [4.78, 5) is 25.1. The van der Waals surface area contributed by atoms with Gasteiger partial charge in [0.25, 0.3) is 5.91 Å². The van der Waals surface area contributed by atoms with Crippen LogP contribution in [-0.2, 0) is 0 Å². The molecule has 2 heterocycles. The fourth-order valence-electron chi connectivity index (χ4n) is 1.86. The molecule has 1 aromatic carbocycles. The van der Waals surface area contributed by atoms with E-state index in [2.05, 4.69) is 20.3 Å². The molecule has 0 aliphatic heterocycles. The summed E-state index contributed by atoms with van der Waals surface area (Å²) in [6.45, 7) is 1.76. The van der Waals surface area contributed by atoms with E-state index in [9.17, 15) is 4.79 Å². The van der Waals surface area contributed by atoms with Crippen LogP contribution in [0.25, 0.3) is 11.0 Å². The number of hydrogen-bond acceptors (Lipinski definition) is 6. The minimum Gasteiger partial charge on any atom is -0.375 e. The van der Waals surface area contributed by atoms with Gasteiger partial charge in [0.1, 0.15) is 4.88 Å². The maximum Gasteiger partial charge on any atom is 0.267 e. The molecule has 100 valence electrons. The third-order valence-electron chi connectivity index (χ3n) is 2.75. The first-order chi connectivity index (χ1) is 9.63. The zero-order valence-corrected chi connectivity index (χ0v) is 11.4. The fraction of sp³-hybridized carbons (Fsp3) is 0.0769. The molecule has 3 aromatic rings. The van der Waals surface area contributed by atoms with Gasteiger partial charge in [-0.3, -0.25) is 14.8 Å². The lowest BCUT2D eigenvalue weighted by Gasteiger charge is -2.04. The quantitative estimate of drug-likeness (QED) is 0.753. The number of nitrogens with one attached hydrogen (secondary N) is 1. The van der Waals surface area contributed by atoms with E-state index in [0.717, 1.165) is 11.0 Å². The number of benzene rings is 1. The molecule has 0 saturated carbocycles. The third kappa shape index (κ3) is 2.30. The lowest BCUT2D eigenvalue weighted by Crippen LogP contribution is -2.11. The van der Waals surface area contributed by atoms with E-state index in [0.29, 0.717) is 21.4 Å². The molecular weight excluding hydrogens is 274 g/mol. The monoisotopic (exact) mass is 285 g/mol. The van der Waals surface area contributed by atoms with Crippen LogP contribution in [0.15, 0.2) is 30.6 Å². The van der Waals surface area contributed by atoms with Gasteiger partial charge in [-0.2, -0.15) is 0 Å². The van der Waals surface area contributed by atoms with Crippen LogP contribution in [0.2, 0.25) is 0 Å². The van der Waals surface area contributed by atoms with Gasteiger partial charge in [-0.25, -0.2) is 4.98 Å². The highest BCUT2D eigenvalue weighted by Gasteiger charge is 2.14. The summed E-state index contributed by atoms with van der Waals surface area (Å²) < 4.78 is 0. The number of aromatic nitrogens is 3. The van der Waals surface area contributed by atoms with E-state index < -0.39 is 0 Å². The predicted octanol–water partition coefficient (Wildman–Crippen LogP) is 2.23. The molecule has 0 saturated heterocycles. The van der Waals surface area contributed by atoms with E-state index in [4.69, 9.17) is 5.73 Å². The Balaban J connectivity index is 1.89. The molecule has 0 fully saturated rings. The number of nitrogens with zero attached hydrogens (tertiary/aromatic N) is 3. The van der Waals surface area contributed by atoms with E-state index in [1.165, 1.54) is 11.3 Å². The Morgan fingerprint density at radius 3 is 2.70 bits per heavy atom. The number of rotatable bonds is 2. The summed E-state index contributed by atoms with van der Waals surface area (Å²) in [6.07, 6.45) is 3.24. The van der Waals surface area contributed by atoms with Gasteiger partial charge in [-0.1, -0.05) is 11.3 Å². The molecular formula is C13H11N5OS. The largest absolute Gasteiger partial charge is 0.375 e. The topological polar surface area (TPSA) is 93.8 Å². The molecule has 3 rings (SSSR count). The summed E-state index contributed by atoms with van der Waals surface area (Å²) in [6, 6.07) is 5.38. The van der Waals surface area contributed by atoms with Crippen LogP contribution < -0.4 is 11.1 Å². The zero-order valence-electron chi connectivity index (χ0n) is 10.6. The van der Waals surface area contributed by atoms with Crippen molar-refractivity contribution in [3.8, 4) is 0 Å². The Morgan fingerprint density at radius 1 is 1.25 bits per heavy atom. The van der Waals surface area contributed by atoms with Crippen molar-refractivity contribution in [1.29, 1.82) is 0 Å². The molecule has 0 radical (unpaired) electrons. The number of fused-ring (bicyclic) bond motifs is 1. The SMILES string of the molecule is Cc1nc(N)sc1C(=O)Nc1ccc2nccnc2c1. The summed E-state index contributed by atoms with van der Waals surface area (Å²) in [7, 11) is 0. The minimum absolute atomic E-state index is 0.222. The van der Waals surface area contributed by atoms with Crippen molar-refractivity contribution >= 4 is 39.1 Å². The van der Waals surface area contributed by atoms with E-state index >= 15 is 0 Å². The molecule has 0 spiro atoms. The Hall–Kier alpha value is -2.54. The number of thiazole rings is 1. The Bertz CT molecular complexity index is 798.